The summed E-state index contributed by atoms with van der Waals surface area (Å²) in [7, 11) is 0. The van der Waals surface area contributed by atoms with Crippen molar-refractivity contribution in [2.75, 3.05) is 0 Å². The van der Waals surface area contributed by atoms with Crippen LogP contribution in [0.4, 0.5) is 0 Å². The number of imidazole rings is 1. The number of rotatable bonds is 5. The molecule has 0 saturated carbocycles. The maximum absolute atomic E-state index is 6.79. The van der Waals surface area contributed by atoms with Crippen molar-refractivity contribution in [2.24, 2.45) is 0 Å². The van der Waals surface area contributed by atoms with Gasteiger partial charge in [0.2, 0.25) is 0 Å². The second kappa shape index (κ2) is 15.8. The Morgan fingerprint density at radius 3 is 1.92 bits per heavy atom. The number of ether oxygens (including phenoxy) is 1. The van der Waals surface area contributed by atoms with E-state index >= 15 is 0 Å². The van der Waals surface area contributed by atoms with Gasteiger partial charge < -0.3 is 13.9 Å². The van der Waals surface area contributed by atoms with Gasteiger partial charge in [-0.15, -0.1) is 29.7 Å². The molecule has 0 radical (unpaired) electrons. The van der Waals surface area contributed by atoms with Crippen molar-refractivity contribution in [1.29, 1.82) is 0 Å². The van der Waals surface area contributed by atoms with Gasteiger partial charge in [-0.05, 0) is 95.9 Å². The Morgan fingerprint density at radius 1 is 0.561 bits per heavy atom. The molecule has 0 bridgehead atoms. The van der Waals surface area contributed by atoms with Crippen molar-refractivity contribution in [1.82, 2.24) is 14.1 Å². The Balaban J connectivity index is 0.00000511. The molecule has 3 aromatic heterocycles. The molecule has 10 aromatic rings. The largest absolute Gasteiger partial charge is 0.510 e. The molecule has 66 heavy (non-hydrogen) atoms. The Labute approximate surface area is 402 Å². The molecule has 330 valence electrons. The predicted octanol–water partition coefficient (Wildman–Crippen LogP) is 14.8. The van der Waals surface area contributed by atoms with Crippen LogP contribution in [0.2, 0.25) is 0 Å². The molecule has 11 rings (SSSR count). The number of para-hydroxylation sites is 2. The quantitative estimate of drug-likeness (QED) is 0.127. The molecule has 0 aliphatic heterocycles. The second-order valence-corrected chi connectivity index (χ2v) is 20.6. The fourth-order valence-electron chi connectivity index (χ4n) is 9.50. The maximum Gasteiger partial charge on any atom is 0.268 e. The summed E-state index contributed by atoms with van der Waals surface area (Å²) in [5.41, 5.74) is 15.5. The fraction of sp³-hybridized carbons (Fsp3) is 0.200. The van der Waals surface area contributed by atoms with Crippen LogP contribution in [-0.4, -0.2) is 14.1 Å². The summed E-state index contributed by atoms with van der Waals surface area (Å²) in [6, 6.07) is 59.5. The molecule has 3 heterocycles. The van der Waals surface area contributed by atoms with Crippen molar-refractivity contribution >= 4 is 32.7 Å². The molecule has 1 aliphatic carbocycles. The van der Waals surface area contributed by atoms with Gasteiger partial charge in [0.15, 0.2) is 0 Å². The molecular weight excluding hydrogens is 988 g/mol. The molecule has 0 amide bonds. The number of pyridine rings is 1. The van der Waals surface area contributed by atoms with E-state index in [9.17, 15) is 0 Å². The van der Waals surface area contributed by atoms with E-state index in [1.807, 2.05) is 24.4 Å². The summed E-state index contributed by atoms with van der Waals surface area (Å²) in [5.74, 6) is 2.01. The van der Waals surface area contributed by atoms with Crippen LogP contribution in [-0.2, 0) is 37.3 Å². The molecule has 5 nitrogen and oxygen atoms in total. The molecule has 7 aromatic carbocycles. The monoisotopic (exact) mass is 1040 g/mol. The minimum atomic E-state index is -0.0796. The van der Waals surface area contributed by atoms with Gasteiger partial charge in [-0.3, -0.25) is 4.57 Å². The van der Waals surface area contributed by atoms with E-state index in [4.69, 9.17) is 9.72 Å². The molecule has 0 spiro atoms. The summed E-state index contributed by atoms with van der Waals surface area (Å²) in [4.78, 5) is 5.08. The SMILES string of the molecule is CC(C)(C)c1cc(-[n+]2[c-]n(-c3[c-]c(Oc4[c-]c5c(cc4)c4c(n5-c5cc(C(C)(C)C)ccn5)-c5ccccc5-c5cccc6cccc-4c56)ccc3)c3ccccc32)cc(C(C)(C)C)c1.[Pt]. The number of hydrogen-bond acceptors (Lipinski definition) is 2. The first-order valence-electron chi connectivity index (χ1n) is 22.6. The first kappa shape index (κ1) is 43.3. The van der Waals surface area contributed by atoms with Gasteiger partial charge in [0.25, 0.3) is 6.33 Å². The van der Waals surface area contributed by atoms with Gasteiger partial charge in [0, 0.05) is 50.0 Å². The third kappa shape index (κ3) is 7.29. The average Bonchev–Trinajstić information content (AvgIpc) is 3.81. The summed E-state index contributed by atoms with van der Waals surface area (Å²) < 4.78 is 13.4. The molecule has 0 N–H and O–H groups in total. The normalized spacial score (nSPS) is 12.5. The van der Waals surface area contributed by atoms with Crippen LogP contribution in [0.25, 0.3) is 83.4 Å². The molecule has 0 unspecified atom stereocenters. The zero-order chi connectivity index (χ0) is 45.0. The van der Waals surface area contributed by atoms with Crippen LogP contribution in [0, 0.1) is 18.5 Å². The van der Waals surface area contributed by atoms with E-state index in [0.717, 1.165) is 55.9 Å². The van der Waals surface area contributed by atoms with E-state index in [2.05, 4.69) is 222 Å². The van der Waals surface area contributed by atoms with Crippen molar-refractivity contribution in [3.63, 3.8) is 0 Å². The third-order valence-corrected chi connectivity index (χ3v) is 13.0. The predicted molar refractivity (Wildman–Crippen MR) is 266 cm³/mol. The van der Waals surface area contributed by atoms with Crippen LogP contribution < -0.4 is 9.30 Å². The molecule has 6 heteroatoms. The van der Waals surface area contributed by atoms with Crippen molar-refractivity contribution in [3.05, 3.63) is 187 Å². The Bertz CT molecular complexity index is 3500. The Kier molecular flexibility index (Phi) is 10.4. The van der Waals surface area contributed by atoms with Crippen LogP contribution in [0.5, 0.6) is 11.5 Å². The number of aromatic nitrogens is 4. The van der Waals surface area contributed by atoms with Gasteiger partial charge in [0.05, 0.1) is 16.7 Å². The summed E-state index contributed by atoms with van der Waals surface area (Å²) in [6.45, 7) is 20.4. The zero-order valence-electron chi connectivity index (χ0n) is 38.9. The van der Waals surface area contributed by atoms with Crippen molar-refractivity contribution in [3.8, 4) is 62.2 Å². The third-order valence-electron chi connectivity index (χ3n) is 13.0. The minimum absolute atomic E-state index is 0. The van der Waals surface area contributed by atoms with Gasteiger partial charge in [-0.1, -0.05) is 159 Å². The van der Waals surface area contributed by atoms with Gasteiger partial charge in [0.1, 0.15) is 5.82 Å². The minimum Gasteiger partial charge on any atom is -0.510 e. The molecular formula is C60H52N4OPt-2. The van der Waals surface area contributed by atoms with E-state index in [1.54, 1.807) is 0 Å². The van der Waals surface area contributed by atoms with E-state index < -0.39 is 0 Å². The van der Waals surface area contributed by atoms with Gasteiger partial charge in [-0.2, -0.15) is 18.2 Å². The Morgan fingerprint density at radius 2 is 1.20 bits per heavy atom. The van der Waals surface area contributed by atoms with Crippen LogP contribution in [0.1, 0.15) is 79.0 Å². The van der Waals surface area contributed by atoms with E-state index in [-0.39, 0.29) is 37.3 Å². The smallest absolute Gasteiger partial charge is 0.268 e. The maximum atomic E-state index is 6.79. The van der Waals surface area contributed by atoms with Crippen LogP contribution in [0.3, 0.4) is 0 Å². The number of nitrogens with zero attached hydrogens (tertiary/aromatic N) is 4. The summed E-state index contributed by atoms with van der Waals surface area (Å²) >= 11 is 0. The van der Waals surface area contributed by atoms with Crippen LogP contribution >= 0.6 is 0 Å². The standard InChI is InChI=1S/C60H52N4O.Pt/c1-58(2,3)39-29-30-61-54(34-39)64-53-36-45(27-28-49(53)56-50-24-15-18-38-17-14-23-47(55(38)50)46-21-10-11-22-48(46)57(56)64)65-44-20-16-19-42(35-44)62-37-63(52-26-13-12-25-51(52)62)43-32-40(59(4,5)6)31-41(33-43)60(7,8)9;/h10-34H,1-9H3;/q-2;. The topological polar surface area (TPSA) is 35.9 Å². The van der Waals surface area contributed by atoms with E-state index in [1.165, 1.54) is 44.2 Å². The molecule has 0 fully saturated rings. The summed E-state index contributed by atoms with van der Waals surface area (Å²) in [6.07, 6.45) is 5.65. The number of fused-ring (bicyclic) bond motifs is 8. The van der Waals surface area contributed by atoms with Gasteiger partial charge in [-0.25, -0.2) is 4.98 Å². The molecule has 1 aliphatic rings. The van der Waals surface area contributed by atoms with Gasteiger partial charge >= 0.3 is 0 Å². The van der Waals surface area contributed by atoms with E-state index in [0.29, 0.717) is 11.5 Å². The van der Waals surface area contributed by atoms with Crippen LogP contribution in [0.15, 0.2) is 152 Å². The zero-order valence-corrected chi connectivity index (χ0v) is 41.2. The number of hydrogen-bond donors (Lipinski definition) is 0. The summed E-state index contributed by atoms with van der Waals surface area (Å²) in [5, 5.41) is 3.54. The van der Waals surface area contributed by atoms with Crippen molar-refractivity contribution < 1.29 is 30.4 Å². The second-order valence-electron chi connectivity index (χ2n) is 20.6. The molecule has 0 atom stereocenters. The Hall–Kier alpha value is -6.55. The average molecular weight is 1040 g/mol. The fourth-order valence-corrected chi connectivity index (χ4v) is 9.50. The molecule has 0 saturated heterocycles. The number of benzene rings is 7. The van der Waals surface area contributed by atoms with Crippen molar-refractivity contribution in [2.45, 2.75) is 78.6 Å². The first-order chi connectivity index (χ1) is 31.1. The first-order valence-corrected chi connectivity index (χ1v) is 22.6.